The summed E-state index contributed by atoms with van der Waals surface area (Å²) in [5, 5.41) is 30.6. The van der Waals surface area contributed by atoms with Crippen LogP contribution in [0.5, 0.6) is 5.88 Å². The van der Waals surface area contributed by atoms with Crippen LogP contribution in [0.2, 0.25) is 0 Å². The molecule has 0 radical (unpaired) electrons. The van der Waals surface area contributed by atoms with E-state index in [0.717, 1.165) is 9.80 Å². The fraction of sp³-hybridized carbons (Fsp3) is 0.435. The number of nitrogens with one attached hydrogen (secondary N) is 1. The molecule has 2 aromatic heterocycles. The van der Waals surface area contributed by atoms with Crippen LogP contribution in [0.25, 0.3) is 11.4 Å². The Hall–Kier alpha value is -3.65. The zero-order valence-electron chi connectivity index (χ0n) is 19.8. The minimum absolute atomic E-state index is 0.0207. The number of nitrogens with zero attached hydrogens (tertiary/aromatic N) is 4. The number of carbonyl (C=O) groups excluding carboxylic acids is 3. The van der Waals surface area contributed by atoms with Crippen molar-refractivity contribution in [1.82, 2.24) is 25.1 Å². The SMILES string of the molecule is NC(=O)CN(CCOc1cccc(-c2ccccn2)n1)C(=O)CN(C(=O)CNCCO)C(CO)CO. The number of aliphatic hydroxyl groups is 3. The maximum atomic E-state index is 13.0. The third kappa shape index (κ3) is 9.19. The van der Waals surface area contributed by atoms with Crippen molar-refractivity contribution in [2.75, 3.05) is 59.2 Å². The van der Waals surface area contributed by atoms with Gasteiger partial charge in [-0.2, -0.15) is 0 Å². The Morgan fingerprint density at radius 1 is 1.00 bits per heavy atom. The van der Waals surface area contributed by atoms with Gasteiger partial charge in [0.05, 0.1) is 56.9 Å². The van der Waals surface area contributed by atoms with E-state index in [4.69, 9.17) is 15.6 Å². The van der Waals surface area contributed by atoms with E-state index >= 15 is 0 Å². The van der Waals surface area contributed by atoms with Gasteiger partial charge in [-0.05, 0) is 18.2 Å². The second-order valence-electron chi connectivity index (χ2n) is 7.65. The van der Waals surface area contributed by atoms with Crippen LogP contribution in [0.1, 0.15) is 0 Å². The quantitative estimate of drug-likeness (QED) is 0.154. The largest absolute Gasteiger partial charge is 0.476 e. The van der Waals surface area contributed by atoms with Gasteiger partial charge in [0.2, 0.25) is 23.6 Å². The summed E-state index contributed by atoms with van der Waals surface area (Å²) < 4.78 is 5.66. The van der Waals surface area contributed by atoms with Gasteiger partial charge in [-0.1, -0.05) is 12.1 Å². The molecule has 0 aromatic carbocycles. The first-order valence-electron chi connectivity index (χ1n) is 11.3. The molecule has 3 amide bonds. The number of aromatic nitrogens is 2. The number of primary amides is 1. The maximum Gasteiger partial charge on any atom is 0.242 e. The Labute approximate surface area is 208 Å². The van der Waals surface area contributed by atoms with Crippen molar-refractivity contribution in [2.24, 2.45) is 5.73 Å². The van der Waals surface area contributed by atoms with Crippen LogP contribution in [-0.4, -0.2) is 118 Å². The third-order valence-corrected chi connectivity index (χ3v) is 5.01. The van der Waals surface area contributed by atoms with Gasteiger partial charge in [-0.25, -0.2) is 4.98 Å². The van der Waals surface area contributed by atoms with E-state index in [-0.39, 0.29) is 38.7 Å². The molecule has 0 saturated carbocycles. The van der Waals surface area contributed by atoms with Gasteiger partial charge >= 0.3 is 0 Å². The molecule has 0 aliphatic heterocycles. The first-order valence-corrected chi connectivity index (χ1v) is 11.3. The lowest BCUT2D eigenvalue weighted by Crippen LogP contribution is -2.53. The van der Waals surface area contributed by atoms with Gasteiger partial charge in [0.15, 0.2) is 0 Å². The monoisotopic (exact) mass is 504 g/mol. The van der Waals surface area contributed by atoms with Crippen molar-refractivity contribution in [2.45, 2.75) is 6.04 Å². The highest BCUT2D eigenvalue weighted by Crippen LogP contribution is 2.17. The summed E-state index contributed by atoms with van der Waals surface area (Å²) in [7, 11) is 0. The Balaban J connectivity index is 2.05. The summed E-state index contributed by atoms with van der Waals surface area (Å²) in [6, 6.07) is 9.56. The van der Waals surface area contributed by atoms with Crippen molar-refractivity contribution in [1.29, 1.82) is 0 Å². The molecular weight excluding hydrogens is 472 g/mol. The highest BCUT2D eigenvalue weighted by molar-refractivity contribution is 5.88. The van der Waals surface area contributed by atoms with E-state index < -0.39 is 50.1 Å². The fourth-order valence-electron chi connectivity index (χ4n) is 3.19. The molecular formula is C23H32N6O7. The topological polar surface area (TPSA) is 191 Å². The minimum Gasteiger partial charge on any atom is -0.476 e. The van der Waals surface area contributed by atoms with Crippen LogP contribution in [-0.2, 0) is 14.4 Å². The van der Waals surface area contributed by atoms with Gasteiger partial charge in [-0.15, -0.1) is 0 Å². The normalized spacial score (nSPS) is 10.8. The van der Waals surface area contributed by atoms with Crippen molar-refractivity contribution in [3.05, 3.63) is 42.6 Å². The molecule has 0 atom stereocenters. The van der Waals surface area contributed by atoms with Gasteiger partial charge in [0, 0.05) is 18.8 Å². The molecule has 196 valence electrons. The Morgan fingerprint density at radius 2 is 1.75 bits per heavy atom. The maximum absolute atomic E-state index is 13.0. The molecule has 2 aromatic rings. The van der Waals surface area contributed by atoms with Crippen molar-refractivity contribution in [3.8, 4) is 17.3 Å². The second-order valence-corrected chi connectivity index (χ2v) is 7.65. The number of pyridine rings is 2. The molecule has 0 fully saturated rings. The highest BCUT2D eigenvalue weighted by Gasteiger charge is 2.27. The van der Waals surface area contributed by atoms with E-state index in [2.05, 4.69) is 15.3 Å². The van der Waals surface area contributed by atoms with Gasteiger partial charge in [-0.3, -0.25) is 19.4 Å². The summed E-state index contributed by atoms with van der Waals surface area (Å²) in [6.45, 7) is -2.40. The van der Waals surface area contributed by atoms with E-state index in [0.29, 0.717) is 11.4 Å². The molecule has 0 spiro atoms. The van der Waals surface area contributed by atoms with Crippen LogP contribution >= 0.6 is 0 Å². The Morgan fingerprint density at radius 3 is 2.39 bits per heavy atom. The average molecular weight is 505 g/mol. The Bertz CT molecular complexity index is 974. The molecule has 2 rings (SSSR count). The van der Waals surface area contributed by atoms with Gasteiger partial charge in [0.25, 0.3) is 0 Å². The fourth-order valence-corrected chi connectivity index (χ4v) is 3.19. The lowest BCUT2D eigenvalue weighted by atomic mass is 10.2. The molecule has 36 heavy (non-hydrogen) atoms. The predicted molar refractivity (Wildman–Crippen MR) is 128 cm³/mol. The summed E-state index contributed by atoms with van der Waals surface area (Å²) >= 11 is 0. The van der Waals surface area contributed by atoms with Crippen LogP contribution < -0.4 is 15.8 Å². The summed E-state index contributed by atoms with van der Waals surface area (Å²) in [4.78, 5) is 47.9. The zero-order chi connectivity index (χ0) is 26.3. The summed E-state index contributed by atoms with van der Waals surface area (Å²) in [5.41, 5.74) is 6.55. The average Bonchev–Trinajstić information content (AvgIpc) is 2.88. The van der Waals surface area contributed by atoms with Crippen LogP contribution in [0.3, 0.4) is 0 Å². The number of carbonyl (C=O) groups is 3. The number of nitrogens with two attached hydrogens (primary N) is 1. The number of amides is 3. The van der Waals surface area contributed by atoms with E-state index in [9.17, 15) is 24.6 Å². The molecule has 0 unspecified atom stereocenters. The van der Waals surface area contributed by atoms with Crippen molar-refractivity contribution >= 4 is 17.7 Å². The highest BCUT2D eigenvalue weighted by atomic mass is 16.5. The van der Waals surface area contributed by atoms with Gasteiger partial charge in [0.1, 0.15) is 13.2 Å². The molecule has 2 heterocycles. The first-order chi connectivity index (χ1) is 17.4. The lowest BCUT2D eigenvalue weighted by Gasteiger charge is -2.31. The minimum atomic E-state index is -1.03. The molecule has 13 nitrogen and oxygen atoms in total. The molecule has 0 bridgehead atoms. The van der Waals surface area contributed by atoms with Gasteiger partial charge < -0.3 is 40.9 Å². The standard InChI is InChI=1S/C23H32N6O7/c24-20(33)13-28(23(35)14-29(17(15-31)16-32)22(34)12-25-8-10-30)9-11-36-21-6-3-5-19(27-21)18-4-1-2-7-26-18/h1-7,17,25,30-32H,8-16H2,(H2,24,33). The summed E-state index contributed by atoms with van der Waals surface area (Å²) in [6.07, 6.45) is 1.65. The summed E-state index contributed by atoms with van der Waals surface area (Å²) in [5.74, 6) is -1.68. The van der Waals surface area contributed by atoms with Crippen LogP contribution in [0.4, 0.5) is 0 Å². The smallest absolute Gasteiger partial charge is 0.242 e. The Kier molecular flexibility index (Phi) is 12.2. The number of ether oxygens (including phenoxy) is 1. The first kappa shape index (κ1) is 28.6. The van der Waals surface area contributed by atoms with Crippen LogP contribution in [0, 0.1) is 0 Å². The molecule has 0 aliphatic carbocycles. The molecule has 0 aliphatic rings. The van der Waals surface area contributed by atoms with E-state index in [1.165, 1.54) is 0 Å². The molecule has 0 saturated heterocycles. The van der Waals surface area contributed by atoms with E-state index in [1.54, 1.807) is 36.5 Å². The number of hydrogen-bond acceptors (Lipinski definition) is 10. The molecule has 6 N–H and O–H groups in total. The number of hydrogen-bond donors (Lipinski definition) is 5. The second kappa shape index (κ2) is 15.4. The lowest BCUT2D eigenvalue weighted by molar-refractivity contribution is -0.144. The predicted octanol–water partition coefficient (Wildman–Crippen LogP) is -2.40. The van der Waals surface area contributed by atoms with Crippen molar-refractivity contribution < 1.29 is 34.4 Å². The number of aliphatic hydroxyl groups excluding tert-OH is 3. The zero-order valence-corrected chi connectivity index (χ0v) is 19.8. The third-order valence-electron chi connectivity index (χ3n) is 5.01. The molecule has 13 heteroatoms. The van der Waals surface area contributed by atoms with E-state index in [1.807, 2.05) is 6.07 Å². The van der Waals surface area contributed by atoms with Crippen LogP contribution in [0.15, 0.2) is 42.6 Å². The van der Waals surface area contributed by atoms with Crippen molar-refractivity contribution in [3.63, 3.8) is 0 Å². The number of rotatable bonds is 16.